The quantitative estimate of drug-likeness (QED) is 0.832. The molecule has 0 bridgehead atoms. The molecule has 2 N–H and O–H groups in total. The van der Waals surface area contributed by atoms with Crippen LogP contribution in [0.25, 0.3) is 0 Å². The van der Waals surface area contributed by atoms with E-state index < -0.39 is 0 Å². The van der Waals surface area contributed by atoms with Crippen molar-refractivity contribution in [2.75, 3.05) is 18.9 Å². The van der Waals surface area contributed by atoms with Gasteiger partial charge in [-0.15, -0.1) is 0 Å². The average molecular weight is 282 g/mol. The summed E-state index contributed by atoms with van der Waals surface area (Å²) in [6.45, 7) is 0.483. The Bertz CT molecular complexity index is 396. The van der Waals surface area contributed by atoms with E-state index in [-0.39, 0.29) is 5.91 Å². The molecule has 1 aromatic rings. The van der Waals surface area contributed by atoms with Crippen molar-refractivity contribution in [2.45, 2.75) is 6.42 Å². The lowest BCUT2D eigenvalue weighted by Crippen LogP contribution is -2.20. The first-order chi connectivity index (χ1) is 7.54. The Hall–Kier alpha value is -0.640. The lowest BCUT2D eigenvalue weighted by Gasteiger charge is -2.09. The maximum Gasteiger partial charge on any atom is 0.221 e. The van der Waals surface area contributed by atoms with E-state index in [1.165, 1.54) is 0 Å². The standard InChI is InChI=1S/C10H11Cl3N2O/c1-14-10(16)2-3-15-9-5-7(12)6(11)4-8(9)13/h4-5,15H,2-3H2,1H3,(H,14,16). The van der Waals surface area contributed by atoms with Gasteiger partial charge in [0.25, 0.3) is 0 Å². The molecule has 0 fully saturated rings. The fraction of sp³-hybridized carbons (Fsp3) is 0.300. The van der Waals surface area contributed by atoms with Crippen LogP contribution in [-0.4, -0.2) is 19.5 Å². The third-order valence-corrected chi connectivity index (χ3v) is 2.99. The van der Waals surface area contributed by atoms with Crippen LogP contribution >= 0.6 is 34.8 Å². The van der Waals surface area contributed by atoms with Crippen molar-refractivity contribution in [1.82, 2.24) is 5.32 Å². The molecule has 0 unspecified atom stereocenters. The summed E-state index contributed by atoms with van der Waals surface area (Å²) in [6, 6.07) is 3.20. The maximum absolute atomic E-state index is 11.0. The van der Waals surface area contributed by atoms with Crippen LogP contribution in [0.5, 0.6) is 0 Å². The number of rotatable bonds is 4. The van der Waals surface area contributed by atoms with Crippen molar-refractivity contribution in [3.8, 4) is 0 Å². The van der Waals surface area contributed by atoms with E-state index in [9.17, 15) is 4.79 Å². The lowest BCUT2D eigenvalue weighted by molar-refractivity contribution is -0.120. The molecule has 0 spiro atoms. The lowest BCUT2D eigenvalue weighted by atomic mass is 10.3. The summed E-state index contributed by atoms with van der Waals surface area (Å²) >= 11 is 17.6. The van der Waals surface area contributed by atoms with Gasteiger partial charge in [0.05, 0.1) is 20.8 Å². The second-order valence-electron chi connectivity index (χ2n) is 3.10. The Morgan fingerprint density at radius 3 is 2.44 bits per heavy atom. The first-order valence-electron chi connectivity index (χ1n) is 4.63. The molecule has 0 saturated heterocycles. The minimum Gasteiger partial charge on any atom is -0.383 e. The van der Waals surface area contributed by atoms with Crippen molar-refractivity contribution in [1.29, 1.82) is 0 Å². The summed E-state index contributed by atoms with van der Waals surface area (Å²) in [5, 5.41) is 6.85. The summed E-state index contributed by atoms with van der Waals surface area (Å²) < 4.78 is 0. The fourth-order valence-corrected chi connectivity index (χ4v) is 1.71. The minimum absolute atomic E-state index is 0.0383. The fourth-order valence-electron chi connectivity index (χ4n) is 1.09. The molecule has 3 nitrogen and oxygen atoms in total. The minimum atomic E-state index is -0.0383. The van der Waals surface area contributed by atoms with E-state index >= 15 is 0 Å². The molecular formula is C10H11Cl3N2O. The van der Waals surface area contributed by atoms with Gasteiger partial charge in [-0.3, -0.25) is 4.79 Å². The van der Waals surface area contributed by atoms with E-state index in [2.05, 4.69) is 10.6 Å². The molecule has 0 aliphatic carbocycles. The number of amides is 1. The van der Waals surface area contributed by atoms with Crippen molar-refractivity contribution in [3.05, 3.63) is 27.2 Å². The Morgan fingerprint density at radius 2 is 1.81 bits per heavy atom. The van der Waals surface area contributed by atoms with E-state index in [1.807, 2.05) is 0 Å². The van der Waals surface area contributed by atoms with Gasteiger partial charge in [-0.05, 0) is 12.1 Å². The molecule has 88 valence electrons. The summed E-state index contributed by atoms with van der Waals surface area (Å²) in [7, 11) is 1.59. The highest BCUT2D eigenvalue weighted by Crippen LogP contribution is 2.32. The summed E-state index contributed by atoms with van der Waals surface area (Å²) in [4.78, 5) is 11.0. The van der Waals surface area contributed by atoms with Crippen molar-refractivity contribution < 1.29 is 4.79 Å². The summed E-state index contributed by atoms with van der Waals surface area (Å²) in [5.41, 5.74) is 0.667. The van der Waals surface area contributed by atoms with E-state index in [0.717, 1.165) is 0 Å². The molecule has 1 rings (SSSR count). The molecule has 0 aromatic heterocycles. The predicted molar refractivity (Wildman–Crippen MR) is 68.6 cm³/mol. The van der Waals surface area contributed by atoms with Crippen LogP contribution in [0, 0.1) is 0 Å². The first-order valence-corrected chi connectivity index (χ1v) is 5.77. The van der Waals surface area contributed by atoms with Gasteiger partial charge < -0.3 is 10.6 Å². The normalized spacial score (nSPS) is 10.0. The number of nitrogens with one attached hydrogen (secondary N) is 2. The van der Waals surface area contributed by atoms with Crippen molar-refractivity contribution in [3.63, 3.8) is 0 Å². The van der Waals surface area contributed by atoms with Crippen molar-refractivity contribution in [2.24, 2.45) is 0 Å². The van der Waals surface area contributed by atoms with Crippen LogP contribution in [0.4, 0.5) is 5.69 Å². The molecule has 1 aromatic carbocycles. The highest BCUT2D eigenvalue weighted by atomic mass is 35.5. The van der Waals surface area contributed by atoms with Gasteiger partial charge in [0.1, 0.15) is 0 Å². The van der Waals surface area contributed by atoms with Gasteiger partial charge in [-0.2, -0.15) is 0 Å². The number of halogens is 3. The maximum atomic E-state index is 11.0. The van der Waals surface area contributed by atoms with Crippen LogP contribution in [0.2, 0.25) is 15.1 Å². The third kappa shape index (κ3) is 3.74. The van der Waals surface area contributed by atoms with Crippen LogP contribution in [-0.2, 0) is 4.79 Å². The van der Waals surface area contributed by atoms with Gasteiger partial charge >= 0.3 is 0 Å². The SMILES string of the molecule is CNC(=O)CCNc1cc(Cl)c(Cl)cc1Cl. The van der Waals surface area contributed by atoms with Gasteiger partial charge in [-0.1, -0.05) is 34.8 Å². The number of anilines is 1. The van der Waals surface area contributed by atoms with Gasteiger partial charge in [0.15, 0.2) is 0 Å². The van der Waals surface area contributed by atoms with Gasteiger partial charge in [0, 0.05) is 20.0 Å². The number of benzene rings is 1. The van der Waals surface area contributed by atoms with Crippen molar-refractivity contribution >= 4 is 46.4 Å². The molecule has 0 atom stereocenters. The molecule has 0 heterocycles. The molecule has 0 radical (unpaired) electrons. The van der Waals surface area contributed by atoms with E-state index in [1.54, 1.807) is 19.2 Å². The predicted octanol–water partition coefficient (Wildman–Crippen LogP) is 3.19. The van der Waals surface area contributed by atoms with E-state index in [4.69, 9.17) is 34.8 Å². The van der Waals surface area contributed by atoms with Gasteiger partial charge in [0.2, 0.25) is 5.91 Å². The Kier molecular flexibility index (Phi) is 5.19. The number of hydrogen-bond acceptors (Lipinski definition) is 2. The monoisotopic (exact) mass is 280 g/mol. The third-order valence-electron chi connectivity index (χ3n) is 1.96. The summed E-state index contributed by atoms with van der Waals surface area (Å²) in [5.74, 6) is -0.0383. The number of carbonyl (C=O) groups is 1. The summed E-state index contributed by atoms with van der Waals surface area (Å²) in [6.07, 6.45) is 0.368. The molecular weight excluding hydrogens is 270 g/mol. The Morgan fingerprint density at radius 1 is 1.19 bits per heavy atom. The Labute approximate surface area is 109 Å². The zero-order valence-corrected chi connectivity index (χ0v) is 10.9. The highest BCUT2D eigenvalue weighted by molar-refractivity contribution is 6.44. The van der Waals surface area contributed by atoms with E-state index in [0.29, 0.717) is 33.7 Å². The van der Waals surface area contributed by atoms with Crippen LogP contribution < -0.4 is 10.6 Å². The van der Waals surface area contributed by atoms with Crippen LogP contribution in [0.1, 0.15) is 6.42 Å². The molecule has 0 aliphatic heterocycles. The molecule has 16 heavy (non-hydrogen) atoms. The smallest absolute Gasteiger partial charge is 0.221 e. The number of carbonyl (C=O) groups excluding carboxylic acids is 1. The largest absolute Gasteiger partial charge is 0.383 e. The number of hydrogen-bond donors (Lipinski definition) is 2. The Balaban J connectivity index is 2.60. The van der Waals surface area contributed by atoms with Crippen LogP contribution in [0.15, 0.2) is 12.1 Å². The zero-order valence-electron chi connectivity index (χ0n) is 8.61. The average Bonchev–Trinajstić information content (AvgIpc) is 2.25. The second-order valence-corrected chi connectivity index (χ2v) is 4.32. The molecule has 6 heteroatoms. The highest BCUT2D eigenvalue weighted by Gasteiger charge is 2.06. The first kappa shape index (κ1) is 13.4. The van der Waals surface area contributed by atoms with Crippen LogP contribution in [0.3, 0.4) is 0 Å². The molecule has 1 amide bonds. The van der Waals surface area contributed by atoms with Gasteiger partial charge in [-0.25, -0.2) is 0 Å². The molecule has 0 saturated carbocycles. The second kappa shape index (κ2) is 6.18. The molecule has 0 aliphatic rings. The zero-order chi connectivity index (χ0) is 12.1. The topological polar surface area (TPSA) is 41.1 Å².